The molecule has 0 N–H and O–H groups in total. The first-order valence-corrected chi connectivity index (χ1v) is 10.2. The summed E-state index contributed by atoms with van der Waals surface area (Å²) in [5.41, 5.74) is 2.92. The molecule has 2 aromatic heterocycles. The van der Waals surface area contributed by atoms with Crippen molar-refractivity contribution in [1.82, 2.24) is 24.4 Å². The standard InChI is InChI=1S/C22H25F2N5O/c1-3-27-8-10-28(11-9-27)20(30)12-17-14-25-29-19(21(23)24)13-18(26-22(17)29)16-6-4-15(2)5-7-16/h4-7,13-14,21H,3,8-12H2,1-2H3. The molecule has 0 spiro atoms. The lowest BCUT2D eigenvalue weighted by Crippen LogP contribution is -2.48. The van der Waals surface area contributed by atoms with Crippen LogP contribution in [0.5, 0.6) is 0 Å². The monoisotopic (exact) mass is 413 g/mol. The van der Waals surface area contributed by atoms with Gasteiger partial charge < -0.3 is 9.80 Å². The van der Waals surface area contributed by atoms with E-state index in [-0.39, 0.29) is 18.0 Å². The minimum absolute atomic E-state index is 0.0261. The van der Waals surface area contributed by atoms with Crippen molar-refractivity contribution in [2.24, 2.45) is 0 Å². The molecule has 4 rings (SSSR count). The third-order valence-electron chi connectivity index (χ3n) is 5.66. The third-order valence-corrected chi connectivity index (χ3v) is 5.66. The number of piperazine rings is 1. The number of carbonyl (C=O) groups is 1. The molecular weight excluding hydrogens is 388 g/mol. The van der Waals surface area contributed by atoms with Gasteiger partial charge in [-0.15, -0.1) is 0 Å². The number of hydrogen-bond acceptors (Lipinski definition) is 4. The topological polar surface area (TPSA) is 53.7 Å². The summed E-state index contributed by atoms with van der Waals surface area (Å²) in [7, 11) is 0. The molecule has 0 aliphatic carbocycles. The molecule has 0 atom stereocenters. The Morgan fingerprint density at radius 2 is 1.83 bits per heavy atom. The van der Waals surface area contributed by atoms with Crippen molar-refractivity contribution in [3.63, 3.8) is 0 Å². The van der Waals surface area contributed by atoms with E-state index in [1.807, 2.05) is 36.1 Å². The molecule has 1 saturated heterocycles. The van der Waals surface area contributed by atoms with Crippen molar-refractivity contribution in [2.45, 2.75) is 26.7 Å². The predicted molar refractivity (Wildman–Crippen MR) is 111 cm³/mol. The van der Waals surface area contributed by atoms with Gasteiger partial charge in [-0.2, -0.15) is 5.10 Å². The van der Waals surface area contributed by atoms with Crippen molar-refractivity contribution < 1.29 is 13.6 Å². The number of fused-ring (bicyclic) bond motifs is 1. The predicted octanol–water partition coefficient (Wildman–Crippen LogP) is 3.35. The lowest BCUT2D eigenvalue weighted by Gasteiger charge is -2.34. The van der Waals surface area contributed by atoms with Crippen LogP contribution in [0.2, 0.25) is 0 Å². The molecule has 3 aromatic rings. The van der Waals surface area contributed by atoms with E-state index in [4.69, 9.17) is 0 Å². The number of hydrogen-bond donors (Lipinski definition) is 0. The molecule has 1 aliphatic heterocycles. The van der Waals surface area contributed by atoms with Gasteiger partial charge in [0.25, 0.3) is 6.43 Å². The fraction of sp³-hybridized carbons (Fsp3) is 0.409. The van der Waals surface area contributed by atoms with E-state index >= 15 is 0 Å². The second-order valence-electron chi connectivity index (χ2n) is 7.63. The van der Waals surface area contributed by atoms with E-state index in [0.29, 0.717) is 30.0 Å². The van der Waals surface area contributed by atoms with Gasteiger partial charge in [-0.05, 0) is 19.5 Å². The fourth-order valence-corrected chi connectivity index (χ4v) is 3.77. The molecule has 1 fully saturated rings. The van der Waals surface area contributed by atoms with Crippen LogP contribution in [0, 0.1) is 6.92 Å². The highest BCUT2D eigenvalue weighted by Crippen LogP contribution is 2.27. The SMILES string of the molecule is CCN1CCN(C(=O)Cc2cnn3c(C(F)F)cc(-c4ccc(C)cc4)nc23)CC1. The highest BCUT2D eigenvalue weighted by atomic mass is 19.3. The summed E-state index contributed by atoms with van der Waals surface area (Å²) >= 11 is 0. The second kappa shape index (κ2) is 8.47. The van der Waals surface area contributed by atoms with Crippen LogP contribution in [0.4, 0.5) is 8.78 Å². The van der Waals surface area contributed by atoms with Crippen LogP contribution in [0.1, 0.15) is 30.2 Å². The summed E-state index contributed by atoms with van der Waals surface area (Å²) in [6, 6.07) is 8.92. The molecule has 0 saturated carbocycles. The minimum atomic E-state index is -2.70. The largest absolute Gasteiger partial charge is 0.340 e. The van der Waals surface area contributed by atoms with Gasteiger partial charge in [0, 0.05) is 37.3 Å². The van der Waals surface area contributed by atoms with Crippen LogP contribution >= 0.6 is 0 Å². The van der Waals surface area contributed by atoms with Crippen molar-refractivity contribution in [3.05, 3.63) is 53.3 Å². The highest BCUT2D eigenvalue weighted by molar-refractivity contribution is 5.81. The van der Waals surface area contributed by atoms with Gasteiger partial charge in [-0.3, -0.25) is 4.79 Å². The van der Waals surface area contributed by atoms with E-state index < -0.39 is 6.43 Å². The van der Waals surface area contributed by atoms with E-state index in [9.17, 15) is 13.6 Å². The summed E-state index contributed by atoms with van der Waals surface area (Å²) in [4.78, 5) is 21.5. The van der Waals surface area contributed by atoms with Gasteiger partial charge >= 0.3 is 0 Å². The molecule has 8 heteroatoms. The molecule has 1 amide bonds. The van der Waals surface area contributed by atoms with E-state index in [0.717, 1.165) is 35.3 Å². The van der Waals surface area contributed by atoms with Gasteiger partial charge in [-0.25, -0.2) is 18.3 Å². The van der Waals surface area contributed by atoms with Crippen molar-refractivity contribution in [3.8, 4) is 11.3 Å². The Balaban J connectivity index is 1.65. The summed E-state index contributed by atoms with van der Waals surface area (Å²) < 4.78 is 28.6. The Morgan fingerprint density at radius 1 is 1.13 bits per heavy atom. The van der Waals surface area contributed by atoms with Gasteiger partial charge in [0.2, 0.25) is 5.91 Å². The molecule has 1 aromatic carbocycles. The van der Waals surface area contributed by atoms with Crippen LogP contribution in [-0.2, 0) is 11.2 Å². The second-order valence-corrected chi connectivity index (χ2v) is 7.63. The summed E-state index contributed by atoms with van der Waals surface area (Å²) in [5, 5.41) is 4.11. The molecule has 158 valence electrons. The number of halogens is 2. The quantitative estimate of drug-likeness (QED) is 0.644. The normalized spacial score (nSPS) is 15.3. The Morgan fingerprint density at radius 3 is 2.47 bits per heavy atom. The van der Waals surface area contributed by atoms with Crippen LogP contribution in [0.15, 0.2) is 36.5 Å². The molecule has 30 heavy (non-hydrogen) atoms. The Bertz CT molecular complexity index is 1040. The van der Waals surface area contributed by atoms with Gasteiger partial charge in [-0.1, -0.05) is 36.8 Å². The Labute approximate surface area is 174 Å². The summed E-state index contributed by atoms with van der Waals surface area (Å²) in [6.45, 7) is 8.09. The maximum absolute atomic E-state index is 13.7. The third kappa shape index (κ3) is 4.05. The average Bonchev–Trinajstić information content (AvgIpc) is 3.16. The van der Waals surface area contributed by atoms with Crippen LogP contribution < -0.4 is 0 Å². The summed E-state index contributed by atoms with van der Waals surface area (Å²) in [6.07, 6.45) is -1.12. The smallest absolute Gasteiger partial charge is 0.280 e. The number of nitrogens with zero attached hydrogens (tertiary/aromatic N) is 5. The Kier molecular flexibility index (Phi) is 5.76. The summed E-state index contributed by atoms with van der Waals surface area (Å²) in [5.74, 6) is -0.0261. The molecule has 1 aliphatic rings. The lowest BCUT2D eigenvalue weighted by molar-refractivity contribution is -0.132. The van der Waals surface area contributed by atoms with E-state index in [1.54, 1.807) is 0 Å². The number of aryl methyl sites for hydroxylation is 1. The number of aromatic nitrogens is 3. The molecule has 0 unspecified atom stereocenters. The van der Waals surface area contributed by atoms with E-state index in [1.165, 1.54) is 12.3 Å². The van der Waals surface area contributed by atoms with Gasteiger partial charge in [0.05, 0.1) is 18.3 Å². The first kappa shape index (κ1) is 20.4. The minimum Gasteiger partial charge on any atom is -0.340 e. The average molecular weight is 413 g/mol. The van der Waals surface area contributed by atoms with Crippen LogP contribution in [0.3, 0.4) is 0 Å². The van der Waals surface area contributed by atoms with Crippen molar-refractivity contribution in [2.75, 3.05) is 32.7 Å². The Hall–Kier alpha value is -2.87. The number of amides is 1. The van der Waals surface area contributed by atoms with Crippen LogP contribution in [-0.4, -0.2) is 63.0 Å². The first-order chi connectivity index (χ1) is 14.5. The fourth-order valence-electron chi connectivity index (χ4n) is 3.77. The molecular formula is C22H25F2N5O. The number of benzene rings is 1. The number of likely N-dealkylation sites (N-methyl/N-ethyl adjacent to an activating group) is 1. The zero-order valence-corrected chi connectivity index (χ0v) is 17.2. The maximum Gasteiger partial charge on any atom is 0.280 e. The lowest BCUT2D eigenvalue weighted by atomic mass is 10.1. The first-order valence-electron chi connectivity index (χ1n) is 10.2. The zero-order valence-electron chi connectivity index (χ0n) is 17.2. The zero-order chi connectivity index (χ0) is 21.3. The maximum atomic E-state index is 13.7. The van der Waals surface area contributed by atoms with Crippen molar-refractivity contribution >= 4 is 11.6 Å². The van der Waals surface area contributed by atoms with Gasteiger partial charge in [0.1, 0.15) is 5.69 Å². The molecule has 0 bridgehead atoms. The van der Waals surface area contributed by atoms with E-state index in [2.05, 4.69) is 21.9 Å². The number of alkyl halides is 2. The number of rotatable bonds is 5. The van der Waals surface area contributed by atoms with Gasteiger partial charge in [0.15, 0.2) is 5.65 Å². The van der Waals surface area contributed by atoms with Crippen molar-refractivity contribution in [1.29, 1.82) is 0 Å². The highest BCUT2D eigenvalue weighted by Gasteiger charge is 2.23. The number of carbonyl (C=O) groups excluding carboxylic acids is 1. The molecule has 3 heterocycles. The molecule has 0 radical (unpaired) electrons. The van der Waals surface area contributed by atoms with Crippen LogP contribution in [0.25, 0.3) is 16.9 Å². The molecule has 6 nitrogen and oxygen atoms in total.